The number of carbonyl (C=O) groups is 1. The summed E-state index contributed by atoms with van der Waals surface area (Å²) in [6.07, 6.45) is 8.19. The fraction of sp³-hybridized carbons (Fsp3) is 0.545. The van der Waals surface area contributed by atoms with Gasteiger partial charge in [-0.3, -0.25) is 4.79 Å². The molecule has 1 aliphatic rings. The molecule has 0 saturated carbocycles. The summed E-state index contributed by atoms with van der Waals surface area (Å²) in [5.41, 5.74) is 0. The van der Waals surface area contributed by atoms with Crippen LogP contribution in [0.5, 0.6) is 0 Å². The highest BCUT2D eigenvalue weighted by atomic mass is 16.3. The third-order valence-electron chi connectivity index (χ3n) is 2.32. The number of allylic oxidation sites excluding steroid dienone is 3. The van der Waals surface area contributed by atoms with Gasteiger partial charge in [0.1, 0.15) is 0 Å². The van der Waals surface area contributed by atoms with Gasteiger partial charge in [-0.2, -0.15) is 0 Å². The topological polar surface area (TPSA) is 40.5 Å². The van der Waals surface area contributed by atoms with Gasteiger partial charge in [-0.25, -0.2) is 0 Å². The molecule has 1 amide bonds. The van der Waals surface area contributed by atoms with Crippen molar-refractivity contribution in [1.29, 1.82) is 0 Å². The first-order valence-corrected chi connectivity index (χ1v) is 5.00. The number of carbonyl (C=O) groups excluding carboxylic acids is 1. The van der Waals surface area contributed by atoms with Gasteiger partial charge >= 0.3 is 0 Å². The number of rotatable bonds is 2. The number of piperidine rings is 1. The van der Waals surface area contributed by atoms with E-state index in [1.165, 1.54) is 0 Å². The van der Waals surface area contributed by atoms with Gasteiger partial charge in [-0.05, 0) is 19.8 Å². The minimum absolute atomic E-state index is 0.0370. The lowest BCUT2D eigenvalue weighted by Gasteiger charge is -2.28. The molecular weight excluding hydrogens is 178 g/mol. The molecule has 3 nitrogen and oxygen atoms in total. The normalized spacial score (nSPS) is 19.7. The number of hydrogen-bond donors (Lipinski definition) is 1. The van der Waals surface area contributed by atoms with Gasteiger partial charge in [0.05, 0.1) is 6.10 Å². The van der Waals surface area contributed by atoms with Crippen molar-refractivity contribution in [3.8, 4) is 0 Å². The first kappa shape index (κ1) is 11.0. The van der Waals surface area contributed by atoms with Crippen LogP contribution in [0.2, 0.25) is 0 Å². The van der Waals surface area contributed by atoms with Crippen LogP contribution in [0, 0.1) is 0 Å². The standard InChI is InChI=1S/C11H17NO2/c1-2-3-4-5-11(14)12-8-6-10(13)7-9-12/h2-5,10,13H,6-9H2,1H3/b3-2+,5-4+. The predicted octanol–water partition coefficient (Wildman–Crippen LogP) is 1.10. The molecule has 78 valence electrons. The Morgan fingerprint density at radius 2 is 2.00 bits per heavy atom. The molecule has 1 fully saturated rings. The monoisotopic (exact) mass is 195 g/mol. The average Bonchev–Trinajstić information content (AvgIpc) is 2.19. The van der Waals surface area contributed by atoms with Crippen LogP contribution in [0.3, 0.4) is 0 Å². The zero-order chi connectivity index (χ0) is 10.4. The van der Waals surface area contributed by atoms with E-state index in [1.54, 1.807) is 17.1 Å². The van der Waals surface area contributed by atoms with Crippen molar-refractivity contribution in [3.63, 3.8) is 0 Å². The molecular formula is C11H17NO2. The maximum absolute atomic E-state index is 11.5. The fourth-order valence-corrected chi connectivity index (χ4v) is 1.44. The summed E-state index contributed by atoms with van der Waals surface area (Å²) in [6, 6.07) is 0. The Bertz CT molecular complexity index is 238. The number of amides is 1. The molecule has 3 heteroatoms. The molecule has 14 heavy (non-hydrogen) atoms. The molecule has 0 aromatic rings. The molecule has 1 saturated heterocycles. The van der Waals surface area contributed by atoms with Gasteiger partial charge in [0.15, 0.2) is 0 Å². The van der Waals surface area contributed by atoms with E-state index in [2.05, 4.69) is 0 Å². The van der Waals surface area contributed by atoms with Crippen LogP contribution in [-0.4, -0.2) is 35.1 Å². The molecule has 0 atom stereocenters. The van der Waals surface area contributed by atoms with Crippen molar-refractivity contribution in [3.05, 3.63) is 24.3 Å². The molecule has 1 N–H and O–H groups in total. The second-order valence-corrected chi connectivity index (χ2v) is 3.44. The average molecular weight is 195 g/mol. The van der Waals surface area contributed by atoms with Gasteiger partial charge in [-0.15, -0.1) is 0 Å². The number of likely N-dealkylation sites (tertiary alicyclic amines) is 1. The minimum Gasteiger partial charge on any atom is -0.393 e. The van der Waals surface area contributed by atoms with Crippen molar-refractivity contribution < 1.29 is 9.90 Å². The Kier molecular flexibility index (Phi) is 4.40. The lowest BCUT2D eigenvalue weighted by Crippen LogP contribution is -2.39. The van der Waals surface area contributed by atoms with Crippen LogP contribution >= 0.6 is 0 Å². The van der Waals surface area contributed by atoms with Crippen LogP contribution in [0.1, 0.15) is 19.8 Å². The lowest BCUT2D eigenvalue weighted by atomic mass is 10.1. The summed E-state index contributed by atoms with van der Waals surface area (Å²) >= 11 is 0. The Morgan fingerprint density at radius 1 is 1.36 bits per heavy atom. The lowest BCUT2D eigenvalue weighted by molar-refractivity contribution is -0.127. The van der Waals surface area contributed by atoms with Gasteiger partial charge in [-0.1, -0.05) is 18.2 Å². The van der Waals surface area contributed by atoms with E-state index < -0.39 is 0 Å². The number of hydrogen-bond acceptors (Lipinski definition) is 2. The summed E-state index contributed by atoms with van der Waals surface area (Å²) < 4.78 is 0. The quantitative estimate of drug-likeness (QED) is 0.529. The zero-order valence-electron chi connectivity index (χ0n) is 8.52. The van der Waals surface area contributed by atoms with Crippen LogP contribution in [-0.2, 0) is 4.79 Å². The van der Waals surface area contributed by atoms with Crippen LogP contribution in [0.4, 0.5) is 0 Å². The van der Waals surface area contributed by atoms with E-state index in [9.17, 15) is 9.90 Å². The highest BCUT2D eigenvalue weighted by Crippen LogP contribution is 2.09. The first-order chi connectivity index (χ1) is 6.74. The molecule has 1 heterocycles. The van der Waals surface area contributed by atoms with E-state index >= 15 is 0 Å². The first-order valence-electron chi connectivity index (χ1n) is 5.00. The molecule has 0 unspecified atom stereocenters. The van der Waals surface area contributed by atoms with E-state index in [0.717, 1.165) is 0 Å². The SMILES string of the molecule is C/C=C/C=C/C(=O)N1CCC(O)CC1. The van der Waals surface area contributed by atoms with E-state index in [4.69, 9.17) is 0 Å². The van der Waals surface area contributed by atoms with Crippen molar-refractivity contribution in [2.24, 2.45) is 0 Å². The molecule has 0 spiro atoms. The highest BCUT2D eigenvalue weighted by molar-refractivity contribution is 5.87. The van der Waals surface area contributed by atoms with Crippen molar-refractivity contribution in [2.75, 3.05) is 13.1 Å². The molecule has 0 radical (unpaired) electrons. The van der Waals surface area contributed by atoms with E-state index in [1.807, 2.05) is 19.1 Å². The van der Waals surface area contributed by atoms with Crippen LogP contribution < -0.4 is 0 Å². The Morgan fingerprint density at radius 3 is 2.57 bits per heavy atom. The van der Waals surface area contributed by atoms with E-state index in [-0.39, 0.29) is 12.0 Å². The highest BCUT2D eigenvalue weighted by Gasteiger charge is 2.19. The summed E-state index contributed by atoms with van der Waals surface area (Å²) in [4.78, 5) is 13.3. The second-order valence-electron chi connectivity index (χ2n) is 3.44. The maximum atomic E-state index is 11.5. The molecule has 0 aromatic carbocycles. The Hall–Kier alpha value is -1.09. The van der Waals surface area contributed by atoms with Crippen molar-refractivity contribution >= 4 is 5.91 Å². The molecule has 0 aromatic heterocycles. The Balaban J connectivity index is 2.38. The van der Waals surface area contributed by atoms with Gasteiger partial charge in [0.2, 0.25) is 5.91 Å². The van der Waals surface area contributed by atoms with Crippen molar-refractivity contribution in [1.82, 2.24) is 4.90 Å². The Labute approximate surface area is 84.7 Å². The molecule has 0 bridgehead atoms. The second kappa shape index (κ2) is 5.60. The third-order valence-corrected chi connectivity index (χ3v) is 2.32. The van der Waals surface area contributed by atoms with Gasteiger partial charge in [0, 0.05) is 19.2 Å². The number of aliphatic hydroxyl groups excluding tert-OH is 1. The van der Waals surface area contributed by atoms with Crippen LogP contribution in [0.25, 0.3) is 0 Å². The summed E-state index contributed by atoms with van der Waals surface area (Å²) in [5, 5.41) is 9.26. The number of nitrogens with zero attached hydrogens (tertiary/aromatic N) is 1. The summed E-state index contributed by atoms with van der Waals surface area (Å²) in [5.74, 6) is 0.0370. The number of aliphatic hydroxyl groups is 1. The third kappa shape index (κ3) is 3.34. The van der Waals surface area contributed by atoms with E-state index in [0.29, 0.717) is 25.9 Å². The van der Waals surface area contributed by atoms with Crippen LogP contribution in [0.15, 0.2) is 24.3 Å². The van der Waals surface area contributed by atoms with Gasteiger partial charge in [0.25, 0.3) is 0 Å². The van der Waals surface area contributed by atoms with Gasteiger partial charge < -0.3 is 10.0 Å². The predicted molar refractivity (Wildman–Crippen MR) is 55.8 cm³/mol. The largest absolute Gasteiger partial charge is 0.393 e. The summed E-state index contributed by atoms with van der Waals surface area (Å²) in [7, 11) is 0. The van der Waals surface area contributed by atoms with Crippen molar-refractivity contribution in [2.45, 2.75) is 25.9 Å². The molecule has 0 aliphatic carbocycles. The zero-order valence-corrected chi connectivity index (χ0v) is 8.52. The summed E-state index contributed by atoms with van der Waals surface area (Å²) in [6.45, 7) is 3.24. The molecule has 1 aliphatic heterocycles. The maximum Gasteiger partial charge on any atom is 0.246 e. The smallest absolute Gasteiger partial charge is 0.246 e. The molecule has 1 rings (SSSR count). The minimum atomic E-state index is -0.224. The fourth-order valence-electron chi connectivity index (χ4n) is 1.44.